The molecule has 6 nitrogen and oxygen atoms in total. The van der Waals surface area contributed by atoms with E-state index in [-0.39, 0.29) is 5.91 Å². The molecule has 0 aliphatic carbocycles. The molecule has 1 saturated heterocycles. The van der Waals surface area contributed by atoms with Gasteiger partial charge in [0.2, 0.25) is 5.91 Å². The average Bonchev–Trinajstić information content (AvgIpc) is 2.96. The Bertz CT molecular complexity index is 407. The van der Waals surface area contributed by atoms with Gasteiger partial charge in [-0.25, -0.2) is 9.78 Å². The molecule has 1 N–H and O–H groups in total. The van der Waals surface area contributed by atoms with E-state index in [1.54, 1.807) is 23.3 Å². The second-order valence-corrected chi connectivity index (χ2v) is 4.77. The van der Waals surface area contributed by atoms with Gasteiger partial charge in [-0.3, -0.25) is 4.79 Å². The van der Waals surface area contributed by atoms with Gasteiger partial charge in [-0.15, -0.1) is 11.8 Å². The molecule has 1 atom stereocenters. The highest BCUT2D eigenvalue weighted by molar-refractivity contribution is 7.99. The maximum absolute atomic E-state index is 11.9. The molecule has 1 fully saturated rings. The van der Waals surface area contributed by atoms with E-state index in [9.17, 15) is 9.59 Å². The predicted octanol–water partition coefficient (Wildman–Crippen LogP) is 0.259. The lowest BCUT2D eigenvalue weighted by Crippen LogP contribution is -2.41. The van der Waals surface area contributed by atoms with E-state index < -0.39 is 12.0 Å². The van der Waals surface area contributed by atoms with Crippen LogP contribution in [-0.2, 0) is 16.1 Å². The number of carbonyl (C=O) groups is 2. The minimum atomic E-state index is -0.925. The van der Waals surface area contributed by atoms with Gasteiger partial charge >= 0.3 is 5.97 Å². The fourth-order valence-corrected chi connectivity index (χ4v) is 2.85. The van der Waals surface area contributed by atoms with Crippen LogP contribution in [0.2, 0.25) is 0 Å². The van der Waals surface area contributed by atoms with Crippen molar-refractivity contribution in [3.05, 3.63) is 18.7 Å². The Kier molecular flexibility index (Phi) is 3.68. The molecule has 92 valence electrons. The lowest BCUT2D eigenvalue weighted by Gasteiger charge is -2.20. The fourth-order valence-electron chi connectivity index (χ4n) is 1.68. The van der Waals surface area contributed by atoms with Crippen molar-refractivity contribution in [3.8, 4) is 0 Å². The molecule has 1 aromatic rings. The average molecular weight is 255 g/mol. The van der Waals surface area contributed by atoms with Gasteiger partial charge in [-0.1, -0.05) is 0 Å². The molecule has 0 aromatic carbocycles. The Labute approximate surface area is 103 Å². The van der Waals surface area contributed by atoms with Crippen molar-refractivity contribution in [2.75, 3.05) is 11.6 Å². The molecule has 0 saturated carbocycles. The van der Waals surface area contributed by atoms with Crippen molar-refractivity contribution < 1.29 is 14.7 Å². The van der Waals surface area contributed by atoms with Gasteiger partial charge in [0, 0.05) is 31.1 Å². The molecule has 0 radical (unpaired) electrons. The number of thioether (sulfide) groups is 1. The molecule has 1 aromatic heterocycles. The molecule has 2 rings (SSSR count). The quantitative estimate of drug-likeness (QED) is 0.835. The first-order valence-corrected chi connectivity index (χ1v) is 6.39. The highest BCUT2D eigenvalue weighted by Gasteiger charge is 2.33. The van der Waals surface area contributed by atoms with E-state index in [0.717, 1.165) is 0 Å². The number of imidazole rings is 1. The number of hydrogen-bond acceptors (Lipinski definition) is 4. The van der Waals surface area contributed by atoms with Crippen molar-refractivity contribution in [2.45, 2.75) is 19.0 Å². The van der Waals surface area contributed by atoms with Gasteiger partial charge in [0.15, 0.2) is 0 Å². The van der Waals surface area contributed by atoms with Gasteiger partial charge in [0.05, 0.1) is 12.2 Å². The SMILES string of the molecule is O=C(O)C1CSCN1C(=O)CCn1ccnc1. The summed E-state index contributed by atoms with van der Waals surface area (Å²) in [6, 6.07) is -0.671. The summed E-state index contributed by atoms with van der Waals surface area (Å²) in [7, 11) is 0. The minimum absolute atomic E-state index is 0.115. The highest BCUT2D eigenvalue weighted by Crippen LogP contribution is 2.21. The van der Waals surface area contributed by atoms with Crippen LogP contribution in [0.4, 0.5) is 0 Å². The van der Waals surface area contributed by atoms with Crippen LogP contribution in [-0.4, -0.2) is 49.1 Å². The largest absolute Gasteiger partial charge is 0.480 e. The molecular formula is C10H13N3O3S. The Balaban J connectivity index is 1.89. The molecule has 0 spiro atoms. The van der Waals surface area contributed by atoms with Crippen molar-refractivity contribution in [3.63, 3.8) is 0 Å². The fraction of sp³-hybridized carbons (Fsp3) is 0.500. The van der Waals surface area contributed by atoms with Crippen LogP contribution >= 0.6 is 11.8 Å². The minimum Gasteiger partial charge on any atom is -0.480 e. The Hall–Kier alpha value is -1.50. The van der Waals surface area contributed by atoms with E-state index in [1.165, 1.54) is 16.7 Å². The number of rotatable bonds is 4. The second kappa shape index (κ2) is 5.22. The van der Waals surface area contributed by atoms with Gasteiger partial charge in [0.25, 0.3) is 0 Å². The summed E-state index contributed by atoms with van der Waals surface area (Å²) in [5, 5.41) is 8.96. The monoisotopic (exact) mass is 255 g/mol. The Morgan fingerprint density at radius 2 is 2.35 bits per heavy atom. The van der Waals surface area contributed by atoms with Crippen molar-refractivity contribution >= 4 is 23.6 Å². The number of hydrogen-bond donors (Lipinski definition) is 1. The zero-order chi connectivity index (χ0) is 12.3. The molecule has 2 heterocycles. The number of amides is 1. The zero-order valence-electron chi connectivity index (χ0n) is 9.15. The second-order valence-electron chi connectivity index (χ2n) is 3.77. The van der Waals surface area contributed by atoms with Crippen LogP contribution in [0, 0.1) is 0 Å². The Morgan fingerprint density at radius 3 is 3.00 bits per heavy atom. The first-order chi connectivity index (χ1) is 8.18. The molecule has 17 heavy (non-hydrogen) atoms. The number of carboxylic acids is 1. The summed E-state index contributed by atoms with van der Waals surface area (Å²) in [4.78, 5) is 28.1. The van der Waals surface area contributed by atoms with Crippen LogP contribution in [0.1, 0.15) is 6.42 Å². The third kappa shape index (κ3) is 2.79. The smallest absolute Gasteiger partial charge is 0.327 e. The summed E-state index contributed by atoms with van der Waals surface area (Å²) in [5.41, 5.74) is 0. The number of nitrogens with zero attached hydrogens (tertiary/aromatic N) is 3. The van der Waals surface area contributed by atoms with E-state index >= 15 is 0 Å². The number of aryl methyl sites for hydroxylation is 1. The third-order valence-electron chi connectivity index (χ3n) is 2.63. The lowest BCUT2D eigenvalue weighted by atomic mass is 10.2. The normalized spacial score (nSPS) is 19.5. The molecule has 1 amide bonds. The Morgan fingerprint density at radius 1 is 1.53 bits per heavy atom. The van der Waals surface area contributed by atoms with E-state index in [2.05, 4.69) is 4.98 Å². The lowest BCUT2D eigenvalue weighted by molar-refractivity contribution is -0.147. The van der Waals surface area contributed by atoms with Gasteiger partial charge in [-0.2, -0.15) is 0 Å². The van der Waals surface area contributed by atoms with Crippen molar-refractivity contribution in [1.29, 1.82) is 0 Å². The van der Waals surface area contributed by atoms with Gasteiger partial charge in [-0.05, 0) is 0 Å². The summed E-state index contributed by atoms with van der Waals surface area (Å²) >= 11 is 1.48. The summed E-state index contributed by atoms with van der Waals surface area (Å²) < 4.78 is 1.80. The first kappa shape index (κ1) is 12.0. The number of carboxylic acid groups (broad SMARTS) is 1. The van der Waals surface area contributed by atoms with E-state index in [0.29, 0.717) is 24.6 Å². The summed E-state index contributed by atoms with van der Waals surface area (Å²) in [6.07, 6.45) is 5.37. The van der Waals surface area contributed by atoms with Crippen molar-refractivity contribution in [1.82, 2.24) is 14.5 Å². The molecular weight excluding hydrogens is 242 g/mol. The van der Waals surface area contributed by atoms with Crippen LogP contribution in [0.5, 0.6) is 0 Å². The first-order valence-electron chi connectivity index (χ1n) is 5.24. The number of carbonyl (C=O) groups excluding carboxylic acids is 1. The summed E-state index contributed by atoms with van der Waals surface area (Å²) in [6.45, 7) is 0.534. The topological polar surface area (TPSA) is 75.4 Å². The molecule has 0 bridgehead atoms. The molecule has 7 heteroatoms. The molecule has 1 unspecified atom stereocenters. The third-order valence-corrected chi connectivity index (χ3v) is 3.64. The standard InChI is InChI=1S/C10H13N3O3S/c14-9(1-3-12-4-2-11-6-12)13-7-17-5-8(13)10(15)16/h2,4,6,8H,1,3,5,7H2,(H,15,16). The summed E-state index contributed by atoms with van der Waals surface area (Å²) in [5.74, 6) is -0.0895. The highest BCUT2D eigenvalue weighted by atomic mass is 32.2. The van der Waals surface area contributed by atoms with Crippen molar-refractivity contribution in [2.24, 2.45) is 0 Å². The predicted molar refractivity (Wildman–Crippen MR) is 62.4 cm³/mol. The maximum Gasteiger partial charge on any atom is 0.327 e. The number of aromatic nitrogens is 2. The van der Waals surface area contributed by atoms with Crippen LogP contribution in [0.25, 0.3) is 0 Å². The van der Waals surface area contributed by atoms with Crippen LogP contribution < -0.4 is 0 Å². The maximum atomic E-state index is 11.9. The van der Waals surface area contributed by atoms with Gasteiger partial charge in [0.1, 0.15) is 6.04 Å². The molecule has 1 aliphatic heterocycles. The van der Waals surface area contributed by atoms with E-state index in [1.807, 2.05) is 0 Å². The van der Waals surface area contributed by atoms with E-state index in [4.69, 9.17) is 5.11 Å². The molecule has 1 aliphatic rings. The van der Waals surface area contributed by atoms with Gasteiger partial charge < -0.3 is 14.6 Å². The van der Waals surface area contributed by atoms with Crippen LogP contribution in [0.15, 0.2) is 18.7 Å². The number of aliphatic carboxylic acids is 1. The zero-order valence-corrected chi connectivity index (χ0v) is 9.97. The van der Waals surface area contributed by atoms with Crippen LogP contribution in [0.3, 0.4) is 0 Å².